The van der Waals surface area contributed by atoms with Crippen LogP contribution in [0.2, 0.25) is 0 Å². The summed E-state index contributed by atoms with van der Waals surface area (Å²) in [7, 11) is 0. The molecular weight excluding hydrogens is 348 g/mol. The van der Waals surface area contributed by atoms with Crippen LogP contribution in [0.5, 0.6) is 0 Å². The first-order valence-corrected chi connectivity index (χ1v) is 9.23. The zero-order valence-electron chi connectivity index (χ0n) is 15.2. The van der Waals surface area contributed by atoms with Crippen molar-refractivity contribution in [3.05, 3.63) is 24.3 Å². The van der Waals surface area contributed by atoms with E-state index < -0.39 is 17.5 Å². The van der Waals surface area contributed by atoms with Crippen molar-refractivity contribution in [2.24, 2.45) is 5.92 Å². The van der Waals surface area contributed by atoms with E-state index in [1.165, 1.54) is 4.90 Å². The van der Waals surface area contributed by atoms with Crippen molar-refractivity contribution in [1.29, 1.82) is 0 Å². The van der Waals surface area contributed by atoms with Crippen molar-refractivity contribution in [1.82, 2.24) is 10.2 Å². The van der Waals surface area contributed by atoms with E-state index in [2.05, 4.69) is 17.6 Å². The van der Waals surface area contributed by atoms with E-state index in [-0.39, 0.29) is 24.9 Å². The molecule has 5 amide bonds. The highest BCUT2D eigenvalue weighted by molar-refractivity contribution is 6.14. The molecule has 1 aromatic carbocycles. The van der Waals surface area contributed by atoms with Crippen LogP contribution in [-0.4, -0.2) is 47.3 Å². The van der Waals surface area contributed by atoms with Gasteiger partial charge in [0.25, 0.3) is 5.91 Å². The Morgan fingerprint density at radius 1 is 1.19 bits per heavy atom. The number of rotatable bonds is 2. The summed E-state index contributed by atoms with van der Waals surface area (Å²) in [6, 6.07) is 6.43. The Balaban J connectivity index is 1.53. The van der Waals surface area contributed by atoms with Gasteiger partial charge in [-0.1, -0.05) is 19.1 Å². The van der Waals surface area contributed by atoms with Gasteiger partial charge in [0, 0.05) is 0 Å². The maximum absolute atomic E-state index is 12.9. The predicted octanol–water partition coefficient (Wildman–Crippen LogP) is 1.47. The molecule has 2 heterocycles. The number of carbonyl (C=O) groups is 4. The average molecular weight is 370 g/mol. The minimum Gasteiger partial charge on any atom is -0.323 e. The molecule has 1 saturated heterocycles. The van der Waals surface area contributed by atoms with E-state index in [4.69, 9.17) is 0 Å². The average Bonchev–Trinajstić information content (AvgIpc) is 2.87. The number of anilines is 2. The minimum atomic E-state index is -0.874. The second-order valence-electron chi connectivity index (χ2n) is 7.63. The van der Waals surface area contributed by atoms with Crippen LogP contribution in [0.25, 0.3) is 0 Å². The van der Waals surface area contributed by atoms with Crippen molar-refractivity contribution in [2.45, 2.75) is 38.1 Å². The number of fused-ring (bicyclic) bond motifs is 1. The number of hydrogen-bond donors (Lipinski definition) is 2. The number of hydrogen-bond acceptors (Lipinski definition) is 4. The zero-order valence-corrected chi connectivity index (χ0v) is 15.2. The van der Waals surface area contributed by atoms with Gasteiger partial charge < -0.3 is 10.6 Å². The molecule has 0 unspecified atom stereocenters. The standard InChI is InChI=1S/C19H22N4O4/c1-12-6-8-19(9-7-12)17(26)23(18(27)21-19)11-16(25)22-10-15(24)20-13-4-2-3-5-14(13)22/h2-5,12H,6-11H2,1H3,(H,20,24)(H,21,27). The predicted molar refractivity (Wildman–Crippen MR) is 98.0 cm³/mol. The molecule has 0 radical (unpaired) electrons. The van der Waals surface area contributed by atoms with Crippen LogP contribution in [0.1, 0.15) is 32.6 Å². The maximum atomic E-state index is 12.9. The van der Waals surface area contributed by atoms with E-state index in [1.54, 1.807) is 24.3 Å². The van der Waals surface area contributed by atoms with Gasteiger partial charge in [0.05, 0.1) is 11.4 Å². The molecule has 8 heteroatoms. The molecule has 1 saturated carbocycles. The lowest BCUT2D eigenvalue weighted by atomic mass is 9.77. The van der Waals surface area contributed by atoms with Crippen LogP contribution in [0.15, 0.2) is 24.3 Å². The zero-order chi connectivity index (χ0) is 19.2. The molecule has 3 aliphatic rings. The molecule has 2 N–H and O–H groups in total. The summed E-state index contributed by atoms with van der Waals surface area (Å²) in [6.45, 7) is 1.62. The Morgan fingerprint density at radius 3 is 2.63 bits per heavy atom. The Morgan fingerprint density at radius 2 is 1.89 bits per heavy atom. The number of amides is 5. The number of nitrogens with zero attached hydrogens (tertiary/aromatic N) is 2. The lowest BCUT2D eigenvalue weighted by Crippen LogP contribution is -2.50. The first kappa shape index (κ1) is 17.5. The summed E-state index contributed by atoms with van der Waals surface area (Å²) >= 11 is 0. The molecule has 27 heavy (non-hydrogen) atoms. The Hall–Kier alpha value is -2.90. The number of carbonyl (C=O) groups excluding carboxylic acids is 4. The Bertz CT molecular complexity index is 829. The minimum absolute atomic E-state index is 0.137. The summed E-state index contributed by atoms with van der Waals surface area (Å²) in [6.07, 6.45) is 2.93. The summed E-state index contributed by atoms with van der Waals surface area (Å²) in [5, 5.41) is 5.53. The van der Waals surface area contributed by atoms with Crippen LogP contribution < -0.4 is 15.5 Å². The highest BCUT2D eigenvalue weighted by atomic mass is 16.2. The fourth-order valence-corrected chi connectivity index (χ4v) is 4.09. The third kappa shape index (κ3) is 2.94. The normalized spacial score (nSPS) is 27.4. The van der Waals surface area contributed by atoms with Crippen molar-refractivity contribution >= 4 is 35.1 Å². The fourth-order valence-electron chi connectivity index (χ4n) is 4.09. The van der Waals surface area contributed by atoms with Crippen LogP contribution in [0, 0.1) is 5.92 Å². The fraction of sp³-hybridized carbons (Fsp3) is 0.474. The quantitative estimate of drug-likeness (QED) is 0.770. The molecule has 2 aliphatic heterocycles. The van der Waals surface area contributed by atoms with Gasteiger partial charge >= 0.3 is 6.03 Å². The van der Waals surface area contributed by atoms with Crippen molar-refractivity contribution in [2.75, 3.05) is 23.3 Å². The van der Waals surface area contributed by atoms with E-state index in [0.717, 1.165) is 17.7 Å². The number of urea groups is 1. The summed E-state index contributed by atoms with van der Waals surface area (Å²) in [4.78, 5) is 52.4. The van der Waals surface area contributed by atoms with E-state index in [0.29, 0.717) is 30.1 Å². The second-order valence-corrected chi connectivity index (χ2v) is 7.63. The van der Waals surface area contributed by atoms with Crippen molar-refractivity contribution < 1.29 is 19.2 Å². The molecule has 1 aliphatic carbocycles. The molecule has 0 bridgehead atoms. The van der Waals surface area contributed by atoms with E-state index >= 15 is 0 Å². The Kier molecular flexibility index (Phi) is 4.13. The van der Waals surface area contributed by atoms with Gasteiger partial charge in [-0.2, -0.15) is 0 Å². The molecule has 0 aromatic heterocycles. The van der Waals surface area contributed by atoms with Gasteiger partial charge in [-0.05, 0) is 43.7 Å². The van der Waals surface area contributed by atoms with Gasteiger partial charge in [0.1, 0.15) is 18.6 Å². The summed E-state index contributed by atoms with van der Waals surface area (Å²) in [5.74, 6) is -0.569. The van der Waals surface area contributed by atoms with Gasteiger partial charge in [-0.3, -0.25) is 24.2 Å². The Labute approximate surface area is 156 Å². The van der Waals surface area contributed by atoms with Gasteiger partial charge in [-0.25, -0.2) is 4.79 Å². The molecule has 2 fully saturated rings. The van der Waals surface area contributed by atoms with Crippen molar-refractivity contribution in [3.8, 4) is 0 Å². The van der Waals surface area contributed by atoms with Crippen LogP contribution in [0.3, 0.4) is 0 Å². The van der Waals surface area contributed by atoms with Crippen molar-refractivity contribution in [3.63, 3.8) is 0 Å². The van der Waals surface area contributed by atoms with Gasteiger partial charge in [-0.15, -0.1) is 0 Å². The van der Waals surface area contributed by atoms with Gasteiger partial charge in [0.2, 0.25) is 11.8 Å². The van der Waals surface area contributed by atoms with E-state index in [1.807, 2.05) is 0 Å². The first-order valence-electron chi connectivity index (χ1n) is 9.23. The molecular formula is C19H22N4O4. The number of para-hydroxylation sites is 2. The van der Waals surface area contributed by atoms with Crippen LogP contribution in [-0.2, 0) is 14.4 Å². The highest BCUT2D eigenvalue weighted by Crippen LogP contribution is 2.36. The SMILES string of the molecule is CC1CCC2(CC1)NC(=O)N(CC(=O)N1CC(=O)Nc3ccccc31)C2=O. The van der Waals surface area contributed by atoms with Gasteiger partial charge in [0.15, 0.2) is 0 Å². The molecule has 4 rings (SSSR count). The monoisotopic (exact) mass is 370 g/mol. The smallest absolute Gasteiger partial charge is 0.323 e. The second kappa shape index (κ2) is 6.37. The largest absolute Gasteiger partial charge is 0.325 e. The van der Waals surface area contributed by atoms with Crippen LogP contribution >= 0.6 is 0 Å². The maximum Gasteiger partial charge on any atom is 0.325 e. The molecule has 1 aromatic rings. The summed E-state index contributed by atoms with van der Waals surface area (Å²) < 4.78 is 0. The number of benzene rings is 1. The molecule has 0 atom stereocenters. The molecule has 1 spiro atoms. The molecule has 8 nitrogen and oxygen atoms in total. The van der Waals surface area contributed by atoms with Crippen LogP contribution in [0.4, 0.5) is 16.2 Å². The third-order valence-electron chi connectivity index (χ3n) is 5.74. The first-order chi connectivity index (χ1) is 12.9. The molecule has 142 valence electrons. The number of nitrogens with one attached hydrogen (secondary N) is 2. The third-order valence-corrected chi connectivity index (χ3v) is 5.74. The van der Waals surface area contributed by atoms with E-state index in [9.17, 15) is 19.2 Å². The lowest BCUT2D eigenvalue weighted by Gasteiger charge is -2.33. The lowest BCUT2D eigenvalue weighted by molar-refractivity contribution is -0.135. The summed E-state index contributed by atoms with van der Waals surface area (Å²) in [5.41, 5.74) is 0.230. The highest BCUT2D eigenvalue weighted by Gasteiger charge is 2.52. The topological polar surface area (TPSA) is 98.8 Å². The number of imide groups is 1.